The molecular formula is C19H24N4O10. The Kier molecular flexibility index (Phi) is 10.3. The van der Waals surface area contributed by atoms with Gasteiger partial charge in [-0.1, -0.05) is 12.1 Å². The molecule has 0 saturated carbocycles. The van der Waals surface area contributed by atoms with Gasteiger partial charge in [-0.15, -0.1) is 0 Å². The monoisotopic (exact) mass is 468 g/mol. The van der Waals surface area contributed by atoms with Crippen LogP contribution in [-0.2, 0) is 35.2 Å². The number of carboxylic acids is 3. The van der Waals surface area contributed by atoms with Crippen LogP contribution in [0.5, 0.6) is 5.75 Å². The molecule has 1 rings (SSSR count). The molecule has 0 fully saturated rings. The van der Waals surface area contributed by atoms with Crippen LogP contribution in [0.1, 0.15) is 18.4 Å². The van der Waals surface area contributed by atoms with Crippen molar-refractivity contribution in [3.8, 4) is 5.75 Å². The molecular weight excluding hydrogens is 444 g/mol. The minimum absolute atomic E-state index is 0.0433. The summed E-state index contributed by atoms with van der Waals surface area (Å²) in [5, 5.41) is 42.6. The average Bonchev–Trinajstić information content (AvgIpc) is 2.72. The van der Waals surface area contributed by atoms with Crippen molar-refractivity contribution >= 4 is 35.6 Å². The van der Waals surface area contributed by atoms with E-state index in [2.05, 4.69) is 10.6 Å². The highest BCUT2D eigenvalue weighted by Crippen LogP contribution is 2.12. The summed E-state index contributed by atoms with van der Waals surface area (Å²) >= 11 is 0. The van der Waals surface area contributed by atoms with Crippen LogP contribution < -0.4 is 21.7 Å². The second-order valence-electron chi connectivity index (χ2n) is 6.85. The first kappa shape index (κ1) is 26.8. The summed E-state index contributed by atoms with van der Waals surface area (Å²) in [5.74, 6) is -7.70. The normalized spacial score (nSPS) is 13.1. The number of hydrogen-bond acceptors (Lipinski definition) is 8. The molecule has 0 radical (unpaired) electrons. The summed E-state index contributed by atoms with van der Waals surface area (Å²) in [4.78, 5) is 70.0. The van der Waals surface area contributed by atoms with Gasteiger partial charge in [-0.2, -0.15) is 0 Å². The van der Waals surface area contributed by atoms with Gasteiger partial charge in [0.05, 0.1) is 19.4 Å². The molecule has 3 atom stereocenters. The Labute approximate surface area is 186 Å². The van der Waals surface area contributed by atoms with E-state index in [9.17, 15) is 33.9 Å². The van der Waals surface area contributed by atoms with E-state index in [-0.39, 0.29) is 12.2 Å². The standard InChI is InChI=1S/C19H24N4O10/c20-8-14(25)21-11(5-9-1-3-10(24)4-2-9)17(30)22-12(6-15(26)27)18(31)23-13(19(32)33)7-16(28)29/h1-4,11-13,24H,5-8,20H2,(H,21,25)(H,22,30)(H,23,31)(H,26,27)(H,28,29)(H,32,33). The van der Waals surface area contributed by atoms with E-state index in [1.54, 1.807) is 0 Å². The summed E-state index contributed by atoms with van der Waals surface area (Å²) < 4.78 is 0. The van der Waals surface area contributed by atoms with Gasteiger partial charge in [0.25, 0.3) is 0 Å². The van der Waals surface area contributed by atoms with Gasteiger partial charge in [-0.05, 0) is 17.7 Å². The van der Waals surface area contributed by atoms with Gasteiger partial charge in [-0.3, -0.25) is 24.0 Å². The fourth-order valence-electron chi connectivity index (χ4n) is 2.63. The van der Waals surface area contributed by atoms with Gasteiger partial charge < -0.3 is 42.1 Å². The van der Waals surface area contributed by atoms with Gasteiger partial charge in [0.2, 0.25) is 17.7 Å². The van der Waals surface area contributed by atoms with Crippen molar-refractivity contribution in [1.82, 2.24) is 16.0 Å². The first-order chi connectivity index (χ1) is 15.4. The molecule has 0 aromatic heterocycles. The number of nitrogens with one attached hydrogen (secondary N) is 3. The SMILES string of the molecule is NCC(=O)NC(Cc1ccc(O)cc1)C(=O)NC(CC(=O)O)C(=O)NC(CC(=O)O)C(=O)O. The number of benzene rings is 1. The van der Waals surface area contributed by atoms with E-state index in [0.717, 1.165) is 0 Å². The maximum atomic E-state index is 12.8. The molecule has 3 amide bonds. The first-order valence-electron chi connectivity index (χ1n) is 9.47. The fourth-order valence-corrected chi connectivity index (χ4v) is 2.63. The zero-order chi connectivity index (χ0) is 25.1. The summed E-state index contributed by atoms with van der Waals surface area (Å²) in [5.41, 5.74) is 5.75. The highest BCUT2D eigenvalue weighted by atomic mass is 16.4. The van der Waals surface area contributed by atoms with Crippen LogP contribution in [0.25, 0.3) is 0 Å². The third kappa shape index (κ3) is 9.65. The lowest BCUT2D eigenvalue weighted by Gasteiger charge is -2.23. The Morgan fingerprint density at radius 2 is 1.24 bits per heavy atom. The summed E-state index contributed by atoms with van der Waals surface area (Å²) in [6, 6.07) is 0.665. The predicted molar refractivity (Wildman–Crippen MR) is 109 cm³/mol. The first-order valence-corrected chi connectivity index (χ1v) is 9.47. The number of carbonyl (C=O) groups excluding carboxylic acids is 3. The number of hydrogen-bond donors (Lipinski definition) is 8. The van der Waals surface area contributed by atoms with Crippen LogP contribution in [-0.4, -0.2) is 80.7 Å². The minimum atomic E-state index is -1.87. The molecule has 0 heterocycles. The predicted octanol–water partition coefficient (Wildman–Crippen LogP) is -2.62. The van der Waals surface area contributed by atoms with Gasteiger partial charge in [0.1, 0.15) is 23.9 Å². The van der Waals surface area contributed by atoms with E-state index in [1.165, 1.54) is 24.3 Å². The number of phenolic OH excluding ortho intramolecular Hbond substituents is 1. The van der Waals surface area contributed by atoms with Gasteiger partial charge >= 0.3 is 17.9 Å². The van der Waals surface area contributed by atoms with Crippen molar-refractivity contribution in [3.63, 3.8) is 0 Å². The smallest absolute Gasteiger partial charge is 0.326 e. The number of carbonyl (C=O) groups is 6. The molecule has 1 aromatic carbocycles. The lowest BCUT2D eigenvalue weighted by atomic mass is 10.0. The zero-order valence-corrected chi connectivity index (χ0v) is 17.2. The molecule has 14 heteroatoms. The molecule has 0 saturated heterocycles. The van der Waals surface area contributed by atoms with Crippen LogP contribution in [0.3, 0.4) is 0 Å². The highest BCUT2D eigenvalue weighted by Gasteiger charge is 2.31. The molecule has 180 valence electrons. The second kappa shape index (κ2) is 12.6. The second-order valence-corrected chi connectivity index (χ2v) is 6.85. The molecule has 0 aliphatic carbocycles. The molecule has 3 unspecified atom stereocenters. The van der Waals surface area contributed by atoms with E-state index < -0.39 is 73.1 Å². The van der Waals surface area contributed by atoms with E-state index in [0.29, 0.717) is 5.56 Å². The molecule has 0 spiro atoms. The van der Waals surface area contributed by atoms with Gasteiger partial charge in [-0.25, -0.2) is 4.79 Å². The summed E-state index contributed by atoms with van der Waals surface area (Å²) in [6.07, 6.45) is -2.05. The zero-order valence-electron chi connectivity index (χ0n) is 17.2. The van der Waals surface area contributed by atoms with Crippen LogP contribution in [0.15, 0.2) is 24.3 Å². The number of phenols is 1. The van der Waals surface area contributed by atoms with Crippen LogP contribution in [0, 0.1) is 0 Å². The maximum absolute atomic E-state index is 12.8. The third-order valence-corrected chi connectivity index (χ3v) is 4.22. The van der Waals surface area contributed by atoms with Crippen LogP contribution >= 0.6 is 0 Å². The van der Waals surface area contributed by atoms with Gasteiger partial charge in [0, 0.05) is 6.42 Å². The van der Waals surface area contributed by atoms with E-state index in [4.69, 9.17) is 21.1 Å². The number of aromatic hydroxyl groups is 1. The van der Waals surface area contributed by atoms with Crippen molar-refractivity contribution in [2.24, 2.45) is 5.73 Å². The highest BCUT2D eigenvalue weighted by molar-refractivity contribution is 5.95. The minimum Gasteiger partial charge on any atom is -0.508 e. The third-order valence-electron chi connectivity index (χ3n) is 4.22. The maximum Gasteiger partial charge on any atom is 0.326 e. The average molecular weight is 468 g/mol. The Bertz CT molecular complexity index is 902. The quantitative estimate of drug-likeness (QED) is 0.149. The van der Waals surface area contributed by atoms with Crippen molar-refractivity contribution in [1.29, 1.82) is 0 Å². The lowest BCUT2D eigenvalue weighted by Crippen LogP contribution is -2.57. The van der Waals surface area contributed by atoms with Crippen molar-refractivity contribution in [2.45, 2.75) is 37.4 Å². The number of nitrogens with two attached hydrogens (primary N) is 1. The summed E-state index contributed by atoms with van der Waals surface area (Å²) in [6.45, 7) is -0.464. The molecule has 33 heavy (non-hydrogen) atoms. The Balaban J connectivity index is 3.06. The number of amides is 3. The molecule has 1 aromatic rings. The Hall–Kier alpha value is -4.20. The molecule has 9 N–H and O–H groups in total. The topological polar surface area (TPSA) is 245 Å². The van der Waals surface area contributed by atoms with E-state index >= 15 is 0 Å². The number of aliphatic carboxylic acids is 3. The molecule has 0 aliphatic heterocycles. The number of rotatable bonds is 13. The largest absolute Gasteiger partial charge is 0.508 e. The molecule has 14 nitrogen and oxygen atoms in total. The molecule has 0 aliphatic rings. The summed E-state index contributed by atoms with van der Waals surface area (Å²) in [7, 11) is 0. The van der Waals surface area contributed by atoms with E-state index in [1.807, 2.05) is 5.32 Å². The Morgan fingerprint density at radius 3 is 1.73 bits per heavy atom. The van der Waals surface area contributed by atoms with Crippen molar-refractivity contribution in [3.05, 3.63) is 29.8 Å². The lowest BCUT2D eigenvalue weighted by molar-refractivity contribution is -0.148. The van der Waals surface area contributed by atoms with Gasteiger partial charge in [0.15, 0.2) is 0 Å². The van der Waals surface area contributed by atoms with Crippen LogP contribution in [0.4, 0.5) is 0 Å². The number of carboxylic acid groups (broad SMARTS) is 3. The molecule has 0 bridgehead atoms. The van der Waals surface area contributed by atoms with Crippen molar-refractivity contribution in [2.75, 3.05) is 6.54 Å². The van der Waals surface area contributed by atoms with Crippen LogP contribution in [0.2, 0.25) is 0 Å². The fraction of sp³-hybridized carbons (Fsp3) is 0.368. The Morgan fingerprint density at radius 1 is 0.758 bits per heavy atom. The van der Waals surface area contributed by atoms with Crippen molar-refractivity contribution < 1.29 is 49.2 Å².